The Hall–Kier alpha value is -1.22. The van der Waals surface area contributed by atoms with E-state index in [0.29, 0.717) is 0 Å². The fraction of sp³-hybridized carbons (Fsp3) is 0.739. The molecule has 0 aromatic heterocycles. The lowest BCUT2D eigenvalue weighted by atomic mass is 10.0. The lowest BCUT2D eigenvalue weighted by molar-refractivity contribution is 0.295. The highest BCUT2D eigenvalue weighted by atomic mass is 16.5. The maximum absolute atomic E-state index is 5.37. The molecule has 0 aliphatic carbocycles. The van der Waals surface area contributed by atoms with Crippen LogP contribution in [0.2, 0.25) is 0 Å². The van der Waals surface area contributed by atoms with Gasteiger partial charge in [-0.2, -0.15) is 0 Å². The van der Waals surface area contributed by atoms with E-state index in [9.17, 15) is 0 Å². The topological polar surface area (TPSA) is 15.7 Å². The van der Waals surface area contributed by atoms with Crippen LogP contribution in [0.3, 0.4) is 0 Å². The summed E-state index contributed by atoms with van der Waals surface area (Å²) in [5, 5.41) is 0. The Bertz CT molecular complexity index is 499. The lowest BCUT2D eigenvalue weighted by Crippen LogP contribution is -2.30. The fourth-order valence-corrected chi connectivity index (χ4v) is 4.07. The minimum atomic E-state index is 0.992. The van der Waals surface area contributed by atoms with Crippen LogP contribution in [0.15, 0.2) is 18.2 Å². The van der Waals surface area contributed by atoms with Gasteiger partial charge in [0.05, 0.1) is 7.11 Å². The van der Waals surface area contributed by atoms with Crippen LogP contribution in [-0.2, 0) is 6.42 Å². The molecule has 0 atom stereocenters. The minimum Gasteiger partial charge on any atom is -0.497 e. The van der Waals surface area contributed by atoms with E-state index in [1.165, 1.54) is 102 Å². The van der Waals surface area contributed by atoms with Crippen molar-refractivity contribution in [1.29, 1.82) is 0 Å². The molecule has 1 aromatic carbocycles. The van der Waals surface area contributed by atoms with Crippen molar-refractivity contribution in [2.75, 3.05) is 44.7 Å². The van der Waals surface area contributed by atoms with Crippen molar-refractivity contribution in [2.24, 2.45) is 0 Å². The van der Waals surface area contributed by atoms with E-state index >= 15 is 0 Å². The molecule has 0 radical (unpaired) electrons. The largest absolute Gasteiger partial charge is 0.497 e. The molecule has 0 amide bonds. The molecule has 3 nitrogen and oxygen atoms in total. The van der Waals surface area contributed by atoms with Crippen LogP contribution >= 0.6 is 0 Å². The summed E-state index contributed by atoms with van der Waals surface area (Å²) in [5.41, 5.74) is 2.90. The summed E-state index contributed by atoms with van der Waals surface area (Å²) in [6, 6.07) is 6.58. The molecule has 0 N–H and O–H groups in total. The van der Waals surface area contributed by atoms with Crippen LogP contribution < -0.4 is 9.64 Å². The van der Waals surface area contributed by atoms with Gasteiger partial charge in [0.2, 0.25) is 0 Å². The first-order valence-electron chi connectivity index (χ1n) is 10.9. The SMILES string of the molecule is CCN(CC)CCCCCCCCCN1CCCc2cc(OC)ccc21. The third-order valence-corrected chi connectivity index (χ3v) is 5.80. The van der Waals surface area contributed by atoms with Crippen LogP contribution in [0, 0.1) is 0 Å². The molecule has 3 heteroatoms. The van der Waals surface area contributed by atoms with Crippen molar-refractivity contribution in [2.45, 2.75) is 71.6 Å². The predicted octanol–water partition coefficient (Wildman–Crippen LogP) is 5.52. The third-order valence-electron chi connectivity index (χ3n) is 5.80. The van der Waals surface area contributed by atoms with Crippen LogP contribution in [-0.4, -0.2) is 44.7 Å². The number of ether oxygens (including phenoxy) is 1. The van der Waals surface area contributed by atoms with E-state index in [1.807, 2.05) is 0 Å². The first kappa shape index (κ1) is 21.1. The van der Waals surface area contributed by atoms with E-state index in [1.54, 1.807) is 7.11 Å². The Balaban J connectivity index is 1.56. The molecular weight excluding hydrogens is 320 g/mol. The minimum absolute atomic E-state index is 0.992. The Morgan fingerprint density at radius 3 is 2.35 bits per heavy atom. The molecule has 1 aliphatic rings. The third kappa shape index (κ3) is 6.83. The summed E-state index contributed by atoms with van der Waals surface area (Å²) in [6.07, 6.45) is 12.1. The Morgan fingerprint density at radius 1 is 0.962 bits per heavy atom. The highest BCUT2D eigenvalue weighted by molar-refractivity contribution is 5.58. The summed E-state index contributed by atoms with van der Waals surface area (Å²) >= 11 is 0. The first-order valence-corrected chi connectivity index (χ1v) is 10.9. The second kappa shape index (κ2) is 12.2. The quantitative estimate of drug-likeness (QED) is 0.431. The van der Waals surface area contributed by atoms with Gasteiger partial charge in [0.25, 0.3) is 0 Å². The number of hydrogen-bond acceptors (Lipinski definition) is 3. The molecule has 0 spiro atoms. The monoisotopic (exact) mass is 360 g/mol. The zero-order chi connectivity index (χ0) is 18.6. The number of methoxy groups -OCH3 is 1. The zero-order valence-corrected chi connectivity index (χ0v) is 17.4. The van der Waals surface area contributed by atoms with Crippen LogP contribution in [0.1, 0.15) is 70.8 Å². The smallest absolute Gasteiger partial charge is 0.119 e. The summed E-state index contributed by atoms with van der Waals surface area (Å²) in [6.45, 7) is 10.6. The van der Waals surface area contributed by atoms with Gasteiger partial charge in [-0.15, -0.1) is 0 Å². The number of fused-ring (bicyclic) bond motifs is 1. The van der Waals surface area contributed by atoms with Crippen LogP contribution in [0.4, 0.5) is 5.69 Å². The Kier molecular flexibility index (Phi) is 9.91. The molecular formula is C23H40N2O. The highest BCUT2D eigenvalue weighted by Crippen LogP contribution is 2.30. The lowest BCUT2D eigenvalue weighted by Gasteiger charge is -2.31. The van der Waals surface area contributed by atoms with Gasteiger partial charge in [-0.3, -0.25) is 0 Å². The maximum Gasteiger partial charge on any atom is 0.119 e. The van der Waals surface area contributed by atoms with Gasteiger partial charge in [0, 0.05) is 18.8 Å². The standard InChI is InChI=1S/C23H40N2O/c1-4-24(5-2)17-11-9-7-6-8-10-12-18-25-19-13-14-21-20-22(26-3)15-16-23(21)25/h15-16,20H,4-14,17-19H2,1-3H3. The Morgan fingerprint density at radius 2 is 1.65 bits per heavy atom. The van der Waals surface area contributed by atoms with E-state index in [2.05, 4.69) is 41.8 Å². The molecule has 1 aliphatic heterocycles. The first-order chi connectivity index (χ1) is 12.8. The van der Waals surface area contributed by atoms with Gasteiger partial charge in [0.1, 0.15) is 5.75 Å². The van der Waals surface area contributed by atoms with E-state index in [0.717, 1.165) is 5.75 Å². The number of nitrogens with zero attached hydrogens (tertiary/aromatic N) is 2. The van der Waals surface area contributed by atoms with Gasteiger partial charge >= 0.3 is 0 Å². The number of hydrogen-bond donors (Lipinski definition) is 0. The molecule has 0 saturated heterocycles. The van der Waals surface area contributed by atoms with Crippen LogP contribution in [0.5, 0.6) is 5.75 Å². The van der Waals surface area contributed by atoms with Crippen molar-refractivity contribution >= 4 is 5.69 Å². The predicted molar refractivity (Wildman–Crippen MR) is 114 cm³/mol. The molecule has 0 bridgehead atoms. The highest BCUT2D eigenvalue weighted by Gasteiger charge is 2.16. The van der Waals surface area contributed by atoms with Gasteiger partial charge in [0.15, 0.2) is 0 Å². The van der Waals surface area contributed by atoms with E-state index in [-0.39, 0.29) is 0 Å². The number of benzene rings is 1. The second-order valence-corrected chi connectivity index (χ2v) is 7.59. The molecule has 2 rings (SSSR count). The summed E-state index contributed by atoms with van der Waals surface area (Å²) in [5.74, 6) is 0.992. The number of aryl methyl sites for hydroxylation is 1. The van der Waals surface area contributed by atoms with Crippen molar-refractivity contribution in [3.05, 3.63) is 23.8 Å². The van der Waals surface area contributed by atoms with E-state index in [4.69, 9.17) is 4.74 Å². The molecule has 0 unspecified atom stereocenters. The molecule has 1 aromatic rings. The number of rotatable bonds is 13. The molecule has 148 valence electrons. The van der Waals surface area contributed by atoms with Gasteiger partial charge in [-0.25, -0.2) is 0 Å². The summed E-state index contributed by atoms with van der Waals surface area (Å²) < 4.78 is 5.37. The molecule has 0 saturated carbocycles. The van der Waals surface area contributed by atoms with Crippen molar-refractivity contribution < 1.29 is 4.74 Å². The van der Waals surface area contributed by atoms with Crippen molar-refractivity contribution in [3.63, 3.8) is 0 Å². The normalized spacial score (nSPS) is 13.9. The second-order valence-electron chi connectivity index (χ2n) is 7.59. The Labute approximate surface area is 161 Å². The average Bonchev–Trinajstić information content (AvgIpc) is 2.69. The van der Waals surface area contributed by atoms with E-state index < -0.39 is 0 Å². The maximum atomic E-state index is 5.37. The van der Waals surface area contributed by atoms with Crippen molar-refractivity contribution in [1.82, 2.24) is 4.90 Å². The zero-order valence-electron chi connectivity index (χ0n) is 17.4. The van der Waals surface area contributed by atoms with Crippen LogP contribution in [0.25, 0.3) is 0 Å². The van der Waals surface area contributed by atoms with Gasteiger partial charge in [-0.05, 0) is 69.1 Å². The van der Waals surface area contributed by atoms with Crippen molar-refractivity contribution in [3.8, 4) is 5.75 Å². The van der Waals surface area contributed by atoms with Gasteiger partial charge < -0.3 is 14.5 Å². The summed E-state index contributed by atoms with van der Waals surface area (Å²) in [7, 11) is 1.76. The number of anilines is 1. The fourth-order valence-electron chi connectivity index (χ4n) is 4.07. The van der Waals surface area contributed by atoms with Gasteiger partial charge in [-0.1, -0.05) is 46.0 Å². The molecule has 1 heterocycles. The molecule has 26 heavy (non-hydrogen) atoms. The average molecular weight is 361 g/mol. The molecule has 0 fully saturated rings. The summed E-state index contributed by atoms with van der Waals surface area (Å²) in [4.78, 5) is 5.12. The number of unbranched alkanes of at least 4 members (excludes halogenated alkanes) is 6.